The first kappa shape index (κ1) is 10.4. The molecule has 0 aromatic rings. The van der Waals surface area contributed by atoms with Crippen LogP contribution in [0.1, 0.15) is 39.5 Å². The predicted molar refractivity (Wildman–Crippen MR) is 60.4 cm³/mol. The highest BCUT2D eigenvalue weighted by atomic mass is 14.9. The quantitative estimate of drug-likeness (QED) is 0.668. The van der Waals surface area contributed by atoms with Gasteiger partial charge in [-0.3, -0.25) is 0 Å². The fourth-order valence-electron chi connectivity index (χ4n) is 2.85. The standard InChI is InChI=1S/C12H24N2/c1-9-3-5-11(7-13-9)12-6-4-10(2)14-8-12/h9-14H,3-8H2,1-2H3. The summed E-state index contributed by atoms with van der Waals surface area (Å²) >= 11 is 0. The van der Waals surface area contributed by atoms with Gasteiger partial charge in [-0.1, -0.05) is 0 Å². The zero-order chi connectivity index (χ0) is 9.97. The van der Waals surface area contributed by atoms with E-state index in [2.05, 4.69) is 24.5 Å². The number of hydrogen-bond donors (Lipinski definition) is 2. The van der Waals surface area contributed by atoms with Crippen LogP contribution in [0.4, 0.5) is 0 Å². The zero-order valence-electron chi connectivity index (χ0n) is 9.55. The first-order valence-electron chi connectivity index (χ1n) is 6.22. The minimum atomic E-state index is 0.752. The largest absolute Gasteiger partial charge is 0.314 e. The van der Waals surface area contributed by atoms with Crippen LogP contribution in [0.3, 0.4) is 0 Å². The van der Waals surface area contributed by atoms with Gasteiger partial charge >= 0.3 is 0 Å². The van der Waals surface area contributed by atoms with E-state index in [0.717, 1.165) is 23.9 Å². The molecule has 0 amide bonds. The molecule has 2 aliphatic heterocycles. The van der Waals surface area contributed by atoms with Crippen molar-refractivity contribution >= 4 is 0 Å². The molecule has 2 heterocycles. The molecule has 82 valence electrons. The molecule has 2 rings (SSSR count). The maximum absolute atomic E-state index is 3.61. The van der Waals surface area contributed by atoms with Gasteiger partial charge in [0.2, 0.25) is 0 Å². The van der Waals surface area contributed by atoms with Crippen LogP contribution in [0.5, 0.6) is 0 Å². The normalized spacial score (nSPS) is 45.0. The van der Waals surface area contributed by atoms with E-state index in [1.807, 2.05) is 0 Å². The average Bonchev–Trinajstić information content (AvgIpc) is 2.21. The van der Waals surface area contributed by atoms with Crippen molar-refractivity contribution in [2.24, 2.45) is 11.8 Å². The van der Waals surface area contributed by atoms with Crippen molar-refractivity contribution in [3.63, 3.8) is 0 Å². The van der Waals surface area contributed by atoms with Gasteiger partial charge in [0.1, 0.15) is 0 Å². The van der Waals surface area contributed by atoms with Crippen LogP contribution >= 0.6 is 0 Å². The Morgan fingerprint density at radius 3 is 1.43 bits per heavy atom. The molecule has 2 nitrogen and oxygen atoms in total. The van der Waals surface area contributed by atoms with E-state index in [4.69, 9.17) is 0 Å². The van der Waals surface area contributed by atoms with Crippen molar-refractivity contribution < 1.29 is 0 Å². The molecular weight excluding hydrogens is 172 g/mol. The number of hydrogen-bond acceptors (Lipinski definition) is 2. The van der Waals surface area contributed by atoms with E-state index in [1.54, 1.807) is 0 Å². The summed E-state index contributed by atoms with van der Waals surface area (Å²) in [6.07, 6.45) is 5.62. The maximum Gasteiger partial charge on any atom is 0.00389 e. The van der Waals surface area contributed by atoms with E-state index >= 15 is 0 Å². The molecule has 2 saturated heterocycles. The Hall–Kier alpha value is -0.0800. The van der Waals surface area contributed by atoms with Crippen LogP contribution in [0.15, 0.2) is 0 Å². The van der Waals surface area contributed by atoms with E-state index in [1.165, 1.54) is 38.8 Å². The fourth-order valence-corrected chi connectivity index (χ4v) is 2.85. The third kappa shape index (κ3) is 2.48. The van der Waals surface area contributed by atoms with Gasteiger partial charge < -0.3 is 10.6 Å². The van der Waals surface area contributed by atoms with Gasteiger partial charge in [-0.2, -0.15) is 0 Å². The van der Waals surface area contributed by atoms with Gasteiger partial charge in [0.15, 0.2) is 0 Å². The lowest BCUT2D eigenvalue weighted by Crippen LogP contribution is -2.45. The molecular formula is C12H24N2. The molecule has 0 spiro atoms. The van der Waals surface area contributed by atoms with Crippen LogP contribution < -0.4 is 10.6 Å². The molecule has 2 aliphatic rings. The smallest absolute Gasteiger partial charge is 0.00389 e. The predicted octanol–water partition coefficient (Wildman–Crippen LogP) is 1.76. The molecule has 0 aromatic carbocycles. The van der Waals surface area contributed by atoms with Gasteiger partial charge in [-0.25, -0.2) is 0 Å². The summed E-state index contributed by atoms with van der Waals surface area (Å²) in [5.74, 6) is 1.87. The van der Waals surface area contributed by atoms with Crippen molar-refractivity contribution in [3.05, 3.63) is 0 Å². The van der Waals surface area contributed by atoms with E-state index in [0.29, 0.717) is 0 Å². The van der Waals surface area contributed by atoms with Gasteiger partial charge in [0.05, 0.1) is 0 Å². The highest BCUT2D eigenvalue weighted by molar-refractivity contribution is 4.84. The minimum Gasteiger partial charge on any atom is -0.314 e. The van der Waals surface area contributed by atoms with Crippen LogP contribution in [0.2, 0.25) is 0 Å². The summed E-state index contributed by atoms with van der Waals surface area (Å²) in [5, 5.41) is 7.23. The van der Waals surface area contributed by atoms with E-state index in [-0.39, 0.29) is 0 Å². The number of nitrogens with one attached hydrogen (secondary N) is 2. The second-order valence-electron chi connectivity index (χ2n) is 5.29. The molecule has 4 atom stereocenters. The van der Waals surface area contributed by atoms with Gasteiger partial charge in [-0.05, 0) is 64.5 Å². The molecule has 0 bridgehead atoms. The highest BCUT2D eigenvalue weighted by Crippen LogP contribution is 2.28. The van der Waals surface area contributed by atoms with Gasteiger partial charge in [0, 0.05) is 12.1 Å². The Morgan fingerprint density at radius 1 is 0.714 bits per heavy atom. The zero-order valence-corrected chi connectivity index (χ0v) is 9.55. The van der Waals surface area contributed by atoms with Gasteiger partial charge in [0.25, 0.3) is 0 Å². The SMILES string of the molecule is CC1CCC(C2CCC(C)NC2)CN1. The molecule has 2 fully saturated rings. The Labute approximate surface area is 87.8 Å². The Kier molecular flexibility index (Phi) is 3.45. The summed E-state index contributed by atoms with van der Waals surface area (Å²) < 4.78 is 0. The molecule has 0 saturated carbocycles. The van der Waals surface area contributed by atoms with Crippen LogP contribution in [-0.2, 0) is 0 Å². The van der Waals surface area contributed by atoms with Gasteiger partial charge in [-0.15, -0.1) is 0 Å². The molecule has 0 aliphatic carbocycles. The second kappa shape index (κ2) is 4.63. The van der Waals surface area contributed by atoms with E-state index < -0.39 is 0 Å². The summed E-state index contributed by atoms with van der Waals surface area (Å²) in [4.78, 5) is 0. The third-order valence-corrected chi connectivity index (χ3v) is 4.06. The molecule has 4 unspecified atom stereocenters. The Bertz CT molecular complexity index is 145. The lowest BCUT2D eigenvalue weighted by molar-refractivity contribution is 0.187. The van der Waals surface area contributed by atoms with E-state index in [9.17, 15) is 0 Å². The summed E-state index contributed by atoms with van der Waals surface area (Å²) in [5.41, 5.74) is 0. The Balaban J connectivity index is 1.78. The first-order valence-corrected chi connectivity index (χ1v) is 6.22. The molecule has 14 heavy (non-hydrogen) atoms. The third-order valence-electron chi connectivity index (χ3n) is 4.06. The fraction of sp³-hybridized carbons (Fsp3) is 1.00. The molecule has 0 aromatic heterocycles. The van der Waals surface area contributed by atoms with Crippen molar-refractivity contribution in [3.8, 4) is 0 Å². The van der Waals surface area contributed by atoms with Crippen molar-refractivity contribution in [1.29, 1.82) is 0 Å². The van der Waals surface area contributed by atoms with Crippen LogP contribution in [0.25, 0.3) is 0 Å². The molecule has 0 radical (unpaired) electrons. The lowest BCUT2D eigenvalue weighted by Gasteiger charge is -2.37. The van der Waals surface area contributed by atoms with Crippen molar-refractivity contribution in [2.75, 3.05) is 13.1 Å². The molecule has 2 N–H and O–H groups in total. The topological polar surface area (TPSA) is 24.1 Å². The highest BCUT2D eigenvalue weighted by Gasteiger charge is 2.28. The average molecular weight is 196 g/mol. The summed E-state index contributed by atoms with van der Waals surface area (Å²) in [6.45, 7) is 7.11. The summed E-state index contributed by atoms with van der Waals surface area (Å²) in [6, 6.07) is 1.50. The van der Waals surface area contributed by atoms with Crippen molar-refractivity contribution in [1.82, 2.24) is 10.6 Å². The Morgan fingerprint density at radius 2 is 1.14 bits per heavy atom. The number of piperidine rings is 2. The molecule has 2 heteroatoms. The summed E-state index contributed by atoms with van der Waals surface area (Å²) in [7, 11) is 0. The van der Waals surface area contributed by atoms with Crippen LogP contribution in [0, 0.1) is 11.8 Å². The van der Waals surface area contributed by atoms with Crippen LogP contribution in [-0.4, -0.2) is 25.2 Å². The first-order chi connectivity index (χ1) is 6.75. The maximum atomic E-state index is 3.61. The second-order valence-corrected chi connectivity index (χ2v) is 5.29. The van der Waals surface area contributed by atoms with Crippen molar-refractivity contribution in [2.45, 2.75) is 51.6 Å². The number of rotatable bonds is 1. The lowest BCUT2D eigenvalue weighted by atomic mass is 9.79. The monoisotopic (exact) mass is 196 g/mol. The minimum absolute atomic E-state index is 0.752.